The quantitative estimate of drug-likeness (QED) is 0.445. The van der Waals surface area contributed by atoms with E-state index in [9.17, 15) is 0 Å². The van der Waals surface area contributed by atoms with Crippen molar-refractivity contribution in [3.05, 3.63) is 0 Å². The van der Waals surface area contributed by atoms with Gasteiger partial charge in [0, 0.05) is 0 Å². The van der Waals surface area contributed by atoms with Crippen LogP contribution >= 0.6 is 11.8 Å². The minimum absolute atomic E-state index is 0.736. The van der Waals surface area contributed by atoms with Crippen molar-refractivity contribution in [2.45, 2.75) is 0 Å². The zero-order chi connectivity index (χ0) is 5.11. The summed E-state index contributed by atoms with van der Waals surface area (Å²) in [5.41, 5.74) is 3.51. The Hall–Kier alpha value is -0.510. The second kappa shape index (κ2) is 1.97. The number of hydrogen-bond acceptors (Lipinski definition) is 3. The molecule has 0 unspecified atom stereocenters. The van der Waals surface area contributed by atoms with Crippen molar-refractivity contribution in [2.75, 3.05) is 6.26 Å². The third kappa shape index (κ3) is 0.928. The molecule has 1 radical (unpaired) electrons. The Morgan fingerprint density at radius 1 is 1.71 bits per heavy atom. The molecule has 0 N–H and O–H groups in total. The van der Waals surface area contributed by atoms with Gasteiger partial charge in [-0.15, -0.1) is 10.5 Å². The predicted octanol–water partition coefficient (Wildman–Crippen LogP) is 0.267. The first-order valence-electron chi connectivity index (χ1n) is 1.78. The molecule has 1 aliphatic rings. The van der Waals surface area contributed by atoms with Crippen LogP contribution in [0.15, 0.2) is 10.1 Å². The van der Waals surface area contributed by atoms with Gasteiger partial charge in [0.2, 0.25) is 5.17 Å². The van der Waals surface area contributed by atoms with Crippen LogP contribution in [0.1, 0.15) is 0 Å². The van der Waals surface area contributed by atoms with E-state index < -0.39 is 0 Å². The summed E-state index contributed by atoms with van der Waals surface area (Å²) in [4.78, 5) is 3.78. The van der Waals surface area contributed by atoms with Gasteiger partial charge in [-0.05, 0) is 6.26 Å². The average Bonchev–Trinajstić information content (AvgIpc) is 2.14. The third-order valence-corrected chi connectivity index (χ3v) is 1.10. The fraction of sp³-hybridized carbons (Fsp3) is 0.333. The van der Waals surface area contributed by atoms with E-state index in [4.69, 9.17) is 0 Å². The molecular formula is C3H4N3S. The van der Waals surface area contributed by atoms with Gasteiger partial charge in [-0.1, -0.05) is 11.8 Å². The van der Waals surface area contributed by atoms with Crippen LogP contribution in [0.25, 0.3) is 0 Å². The molecule has 0 saturated carbocycles. The first-order valence-corrected chi connectivity index (χ1v) is 3.00. The van der Waals surface area contributed by atoms with Gasteiger partial charge >= 0.3 is 0 Å². The summed E-state index contributed by atoms with van der Waals surface area (Å²) in [5, 5.41) is 4.37. The van der Waals surface area contributed by atoms with Gasteiger partial charge in [0.05, 0.1) is 0 Å². The molecule has 0 saturated heterocycles. The van der Waals surface area contributed by atoms with Crippen LogP contribution in [-0.4, -0.2) is 17.8 Å². The molecular weight excluding hydrogens is 110 g/mol. The van der Waals surface area contributed by atoms with Crippen molar-refractivity contribution < 1.29 is 0 Å². The van der Waals surface area contributed by atoms with Gasteiger partial charge in [-0.25, -0.2) is 4.99 Å². The van der Waals surface area contributed by atoms with Gasteiger partial charge in [-0.3, -0.25) is 0 Å². The molecule has 7 heavy (non-hydrogen) atoms. The highest BCUT2D eigenvalue weighted by Crippen LogP contribution is 2.00. The zero-order valence-corrected chi connectivity index (χ0v) is 4.64. The molecule has 0 amide bonds. The van der Waals surface area contributed by atoms with E-state index in [1.165, 1.54) is 18.1 Å². The maximum Gasteiger partial charge on any atom is 0.210 e. The summed E-state index contributed by atoms with van der Waals surface area (Å²) >= 11 is 1.49. The van der Waals surface area contributed by atoms with Crippen molar-refractivity contribution in [2.24, 2.45) is 10.1 Å². The Morgan fingerprint density at radius 2 is 2.57 bits per heavy atom. The van der Waals surface area contributed by atoms with Crippen molar-refractivity contribution in [3.8, 4) is 0 Å². The maximum absolute atomic E-state index is 3.78. The molecule has 1 rings (SSSR count). The smallest absolute Gasteiger partial charge is 0.208 e. The second-order valence-corrected chi connectivity index (χ2v) is 1.72. The zero-order valence-electron chi connectivity index (χ0n) is 3.83. The van der Waals surface area contributed by atoms with E-state index in [2.05, 4.69) is 15.5 Å². The number of aliphatic imine (C=N–C) groups is 1. The lowest BCUT2D eigenvalue weighted by atomic mass is 11.3. The summed E-state index contributed by atoms with van der Waals surface area (Å²) in [6.07, 6.45) is 3.35. The Balaban J connectivity index is 2.52. The number of amidine groups is 1. The molecule has 0 fully saturated rings. The summed E-state index contributed by atoms with van der Waals surface area (Å²) in [6, 6.07) is 0. The summed E-state index contributed by atoms with van der Waals surface area (Å²) < 4.78 is 0. The van der Waals surface area contributed by atoms with Crippen LogP contribution in [0.3, 0.4) is 0 Å². The molecule has 3 nitrogen and oxygen atoms in total. The molecule has 0 aromatic rings. The van der Waals surface area contributed by atoms with Crippen LogP contribution in [0, 0.1) is 0 Å². The molecule has 1 heterocycles. The largest absolute Gasteiger partial charge is 0.210 e. The Bertz CT molecular complexity index is 117. The second-order valence-electron chi connectivity index (χ2n) is 0.947. The van der Waals surface area contributed by atoms with Crippen molar-refractivity contribution >= 4 is 23.3 Å². The molecule has 1 aliphatic heterocycles. The molecule has 0 aromatic heterocycles. The number of hydrogen-bond donors (Lipinski definition) is 0. The van der Waals surface area contributed by atoms with E-state index in [0.717, 1.165) is 5.17 Å². The van der Waals surface area contributed by atoms with Gasteiger partial charge < -0.3 is 0 Å². The van der Waals surface area contributed by atoms with E-state index in [-0.39, 0.29) is 0 Å². The minimum Gasteiger partial charge on any atom is -0.208 e. The monoisotopic (exact) mass is 114 g/mol. The summed E-state index contributed by atoms with van der Waals surface area (Å²) in [6.45, 7) is 0. The highest BCUT2D eigenvalue weighted by Gasteiger charge is 1.95. The Morgan fingerprint density at radius 3 is 2.86 bits per heavy atom. The first-order chi connectivity index (χ1) is 3.43. The van der Waals surface area contributed by atoms with Crippen molar-refractivity contribution in [1.82, 2.24) is 5.43 Å². The van der Waals surface area contributed by atoms with Gasteiger partial charge in [-0.2, -0.15) is 0 Å². The predicted molar refractivity (Wildman–Crippen MR) is 31.6 cm³/mol. The van der Waals surface area contributed by atoms with Gasteiger partial charge in [0.15, 0.2) is 0 Å². The van der Waals surface area contributed by atoms with Crippen LogP contribution < -0.4 is 5.43 Å². The number of nitrogens with zero attached hydrogens (tertiary/aromatic N) is 3. The molecule has 0 spiro atoms. The van der Waals surface area contributed by atoms with Gasteiger partial charge in [0.25, 0.3) is 0 Å². The lowest BCUT2D eigenvalue weighted by Crippen LogP contribution is -1.81. The lowest BCUT2D eigenvalue weighted by molar-refractivity contribution is 1.07. The van der Waals surface area contributed by atoms with Crippen LogP contribution in [0.4, 0.5) is 0 Å². The van der Waals surface area contributed by atoms with Crippen LogP contribution in [-0.2, 0) is 0 Å². The van der Waals surface area contributed by atoms with Crippen molar-refractivity contribution in [1.29, 1.82) is 0 Å². The SMILES string of the molecule is CSC1=N[N]C=N1. The molecule has 37 valence electrons. The topological polar surface area (TPSA) is 38.8 Å². The van der Waals surface area contributed by atoms with E-state index in [1.54, 1.807) is 0 Å². The Kier molecular flexibility index (Phi) is 1.31. The number of thioether (sulfide) groups is 1. The fourth-order valence-electron chi connectivity index (χ4n) is 0.270. The third-order valence-electron chi connectivity index (χ3n) is 0.546. The van der Waals surface area contributed by atoms with E-state index in [0.29, 0.717) is 0 Å². The average molecular weight is 114 g/mol. The molecule has 0 aliphatic carbocycles. The van der Waals surface area contributed by atoms with Crippen LogP contribution in [0.5, 0.6) is 0 Å². The van der Waals surface area contributed by atoms with E-state index in [1.807, 2.05) is 6.26 Å². The fourth-order valence-corrected chi connectivity index (χ4v) is 0.551. The van der Waals surface area contributed by atoms with Gasteiger partial charge in [0.1, 0.15) is 6.34 Å². The first kappa shape index (κ1) is 4.64. The number of rotatable bonds is 0. The Labute approximate surface area is 45.9 Å². The molecule has 0 aromatic carbocycles. The van der Waals surface area contributed by atoms with E-state index >= 15 is 0 Å². The highest BCUT2D eigenvalue weighted by molar-refractivity contribution is 8.13. The summed E-state index contributed by atoms with van der Waals surface area (Å²) in [5.74, 6) is 0. The molecule has 0 atom stereocenters. The van der Waals surface area contributed by atoms with Crippen molar-refractivity contribution in [3.63, 3.8) is 0 Å². The minimum atomic E-state index is 0.736. The maximum atomic E-state index is 3.78. The summed E-state index contributed by atoms with van der Waals surface area (Å²) in [7, 11) is 0. The lowest BCUT2D eigenvalue weighted by Gasteiger charge is -1.78. The van der Waals surface area contributed by atoms with Crippen LogP contribution in [0.2, 0.25) is 0 Å². The normalized spacial score (nSPS) is 16.4. The standard InChI is InChI=1S/C3H4N3S/c1-7-3-4-2-5-6-3/h2H,1H3. The highest BCUT2D eigenvalue weighted by atomic mass is 32.2. The molecule has 4 heteroatoms. The molecule has 0 bridgehead atoms.